The van der Waals surface area contributed by atoms with Crippen molar-refractivity contribution in [3.05, 3.63) is 65.4 Å². The normalized spacial score (nSPS) is 19.7. The lowest BCUT2D eigenvalue weighted by Crippen LogP contribution is -2.34. The summed E-state index contributed by atoms with van der Waals surface area (Å²) < 4.78 is 5.37. The fraction of sp³-hybridized carbons (Fsp3) is 0.346. The summed E-state index contributed by atoms with van der Waals surface area (Å²) in [7, 11) is 1.65. The maximum Gasteiger partial charge on any atom is 0.325 e. The van der Waals surface area contributed by atoms with Crippen molar-refractivity contribution < 1.29 is 19.1 Å². The van der Waals surface area contributed by atoms with Crippen LogP contribution < -0.4 is 15.4 Å². The van der Waals surface area contributed by atoms with E-state index in [1.165, 1.54) is 10.5 Å². The molecule has 2 aromatic carbocycles. The monoisotopic (exact) mass is 460 g/mol. The number of hydrogen-bond donors (Lipinski definition) is 3. The second kappa shape index (κ2) is 9.21. The molecule has 8 heteroatoms. The van der Waals surface area contributed by atoms with Crippen LogP contribution in [0.2, 0.25) is 0 Å². The second-order valence-electron chi connectivity index (χ2n) is 8.89. The third-order valence-corrected chi connectivity index (χ3v) is 6.70. The first-order chi connectivity index (χ1) is 16.5. The average molecular weight is 461 g/mol. The molecule has 0 spiro atoms. The number of aryl methyl sites for hydroxylation is 1. The Labute approximate surface area is 197 Å². The molecule has 3 aromatic rings. The van der Waals surface area contributed by atoms with Crippen molar-refractivity contribution in [2.75, 3.05) is 7.11 Å². The molecule has 1 aliphatic carbocycles. The van der Waals surface area contributed by atoms with Crippen molar-refractivity contribution in [1.82, 2.24) is 20.5 Å². The van der Waals surface area contributed by atoms with E-state index in [9.17, 15) is 14.4 Å². The van der Waals surface area contributed by atoms with Crippen LogP contribution in [0.15, 0.2) is 48.5 Å². The minimum atomic E-state index is -0.676. The summed E-state index contributed by atoms with van der Waals surface area (Å²) in [6, 6.07) is 14.1. The van der Waals surface area contributed by atoms with E-state index in [2.05, 4.69) is 15.6 Å². The number of nitrogens with zero attached hydrogens (tertiary/aromatic N) is 1. The largest absolute Gasteiger partial charge is 0.497 e. The van der Waals surface area contributed by atoms with E-state index < -0.39 is 12.1 Å². The second-order valence-corrected chi connectivity index (χ2v) is 8.89. The molecule has 0 saturated carbocycles. The Morgan fingerprint density at radius 2 is 2.00 bits per heavy atom. The fourth-order valence-corrected chi connectivity index (χ4v) is 4.94. The number of carbonyl (C=O) groups is 3. The molecule has 1 aromatic heterocycles. The predicted molar refractivity (Wildman–Crippen MR) is 127 cm³/mol. The molecule has 1 saturated heterocycles. The van der Waals surface area contributed by atoms with Crippen LogP contribution in [-0.2, 0) is 22.6 Å². The van der Waals surface area contributed by atoms with E-state index in [1.54, 1.807) is 7.11 Å². The fourth-order valence-electron chi connectivity index (χ4n) is 4.94. The van der Waals surface area contributed by atoms with E-state index in [0.29, 0.717) is 0 Å². The minimum Gasteiger partial charge on any atom is -0.497 e. The molecule has 0 bridgehead atoms. The first-order valence-electron chi connectivity index (χ1n) is 11.7. The summed E-state index contributed by atoms with van der Waals surface area (Å²) in [4.78, 5) is 42.5. The summed E-state index contributed by atoms with van der Waals surface area (Å²) in [5.41, 5.74) is 4.18. The van der Waals surface area contributed by atoms with Gasteiger partial charge in [0, 0.05) is 23.0 Å². The lowest BCUT2D eigenvalue weighted by Gasteiger charge is -2.24. The zero-order chi connectivity index (χ0) is 23.7. The molecule has 3 N–H and O–H groups in total. The lowest BCUT2D eigenvalue weighted by molar-refractivity contribution is -0.128. The van der Waals surface area contributed by atoms with Gasteiger partial charge in [-0.1, -0.05) is 30.3 Å². The Bertz CT molecular complexity index is 1240. The minimum absolute atomic E-state index is 0.0990. The molecule has 5 rings (SSSR count). The van der Waals surface area contributed by atoms with Gasteiger partial charge in [0.1, 0.15) is 11.8 Å². The van der Waals surface area contributed by atoms with Gasteiger partial charge in [0.25, 0.3) is 5.91 Å². The van der Waals surface area contributed by atoms with Crippen LogP contribution >= 0.6 is 0 Å². The van der Waals surface area contributed by atoms with Gasteiger partial charge >= 0.3 is 6.03 Å². The van der Waals surface area contributed by atoms with Crippen molar-refractivity contribution in [3.8, 4) is 5.75 Å². The molecule has 2 heterocycles. The van der Waals surface area contributed by atoms with Crippen LogP contribution in [0.5, 0.6) is 5.75 Å². The molecule has 0 unspecified atom stereocenters. The zero-order valence-corrected chi connectivity index (χ0v) is 19.1. The van der Waals surface area contributed by atoms with E-state index in [-0.39, 0.29) is 37.2 Å². The Kier molecular flexibility index (Phi) is 5.96. The Balaban J connectivity index is 1.20. The Hall–Kier alpha value is -3.81. The highest BCUT2D eigenvalue weighted by Crippen LogP contribution is 2.36. The van der Waals surface area contributed by atoms with Gasteiger partial charge in [0.2, 0.25) is 5.91 Å². The SMILES string of the molecule is COc1ccc2[nH]c3c(c2c1)CCC[C@@H]3NC(=O)CC[C@@H]1NC(=O)N(Cc2ccccc2)C1=O. The molecule has 8 nitrogen and oxygen atoms in total. The van der Waals surface area contributed by atoms with Gasteiger partial charge < -0.3 is 20.4 Å². The number of urea groups is 1. The highest BCUT2D eigenvalue weighted by atomic mass is 16.5. The first kappa shape index (κ1) is 22.0. The number of benzene rings is 2. The number of fused-ring (bicyclic) bond motifs is 3. The Morgan fingerprint density at radius 1 is 1.18 bits per heavy atom. The number of aromatic amines is 1. The quantitative estimate of drug-likeness (QED) is 0.469. The van der Waals surface area contributed by atoms with Crippen molar-refractivity contribution in [1.29, 1.82) is 0 Å². The molecule has 0 radical (unpaired) electrons. The highest BCUT2D eigenvalue weighted by molar-refractivity contribution is 6.04. The van der Waals surface area contributed by atoms with Crippen LogP contribution in [0.4, 0.5) is 4.79 Å². The van der Waals surface area contributed by atoms with Crippen LogP contribution in [0, 0.1) is 0 Å². The number of imide groups is 1. The third kappa shape index (κ3) is 4.23. The maximum absolute atomic E-state index is 12.8. The topological polar surface area (TPSA) is 104 Å². The van der Waals surface area contributed by atoms with Gasteiger partial charge in [-0.15, -0.1) is 0 Å². The summed E-state index contributed by atoms with van der Waals surface area (Å²) in [6.45, 7) is 0.226. The third-order valence-electron chi connectivity index (χ3n) is 6.70. The standard InChI is InChI=1S/C26H28N4O4/c1-34-17-10-11-20-19(14-17)18-8-5-9-21(24(18)28-20)27-23(31)13-12-22-25(32)30(26(33)29-22)15-16-6-3-2-4-7-16/h2-4,6-7,10-11,14,21-22,28H,5,8-9,12-13,15H2,1H3,(H,27,31)(H,29,33)/t21-,22-/m0/s1. The van der Waals surface area contributed by atoms with Crippen molar-refractivity contribution >= 4 is 28.7 Å². The van der Waals surface area contributed by atoms with Crippen molar-refractivity contribution in [2.45, 2.75) is 50.7 Å². The maximum atomic E-state index is 12.8. The van der Waals surface area contributed by atoms with Crippen LogP contribution in [0.3, 0.4) is 0 Å². The van der Waals surface area contributed by atoms with Gasteiger partial charge in [-0.25, -0.2) is 4.79 Å². The van der Waals surface area contributed by atoms with Crippen molar-refractivity contribution in [2.24, 2.45) is 0 Å². The zero-order valence-electron chi connectivity index (χ0n) is 19.1. The molecule has 1 aliphatic heterocycles. The number of carbonyl (C=O) groups excluding carboxylic acids is 3. The van der Waals surface area contributed by atoms with E-state index in [1.807, 2.05) is 48.5 Å². The number of nitrogens with one attached hydrogen (secondary N) is 3. The van der Waals surface area contributed by atoms with Gasteiger partial charge in [0.05, 0.1) is 19.7 Å². The number of hydrogen-bond acceptors (Lipinski definition) is 4. The molecular formula is C26H28N4O4. The highest BCUT2D eigenvalue weighted by Gasteiger charge is 2.38. The van der Waals surface area contributed by atoms with E-state index >= 15 is 0 Å². The number of aromatic nitrogens is 1. The van der Waals surface area contributed by atoms with Crippen molar-refractivity contribution in [3.63, 3.8) is 0 Å². The van der Waals surface area contributed by atoms with Crippen LogP contribution in [-0.4, -0.2) is 40.9 Å². The molecular weight excluding hydrogens is 432 g/mol. The average Bonchev–Trinajstić information content (AvgIpc) is 3.36. The molecule has 2 atom stereocenters. The molecule has 2 aliphatic rings. The smallest absolute Gasteiger partial charge is 0.325 e. The van der Waals surface area contributed by atoms with E-state index in [4.69, 9.17) is 4.74 Å². The lowest BCUT2D eigenvalue weighted by atomic mass is 9.91. The van der Waals surface area contributed by atoms with Gasteiger partial charge in [-0.3, -0.25) is 14.5 Å². The van der Waals surface area contributed by atoms with Crippen LogP contribution in [0.1, 0.15) is 48.5 Å². The number of amides is 4. The molecule has 34 heavy (non-hydrogen) atoms. The van der Waals surface area contributed by atoms with Gasteiger partial charge in [0.15, 0.2) is 0 Å². The molecule has 4 amide bonds. The van der Waals surface area contributed by atoms with Gasteiger partial charge in [-0.2, -0.15) is 0 Å². The first-order valence-corrected chi connectivity index (χ1v) is 11.7. The summed E-state index contributed by atoms with van der Waals surface area (Å²) in [6.07, 6.45) is 3.22. The Morgan fingerprint density at radius 3 is 2.79 bits per heavy atom. The predicted octanol–water partition coefficient (Wildman–Crippen LogP) is 3.57. The van der Waals surface area contributed by atoms with Crippen LogP contribution in [0.25, 0.3) is 10.9 Å². The summed E-state index contributed by atoms with van der Waals surface area (Å²) >= 11 is 0. The van der Waals surface area contributed by atoms with Gasteiger partial charge in [-0.05, 0) is 55.0 Å². The summed E-state index contributed by atoms with van der Waals surface area (Å²) in [5.74, 6) is 0.397. The summed E-state index contributed by atoms with van der Waals surface area (Å²) in [5, 5.41) is 6.97. The molecule has 1 fully saturated rings. The molecule has 176 valence electrons. The number of H-pyrrole nitrogens is 1. The van der Waals surface area contributed by atoms with E-state index in [0.717, 1.165) is 47.2 Å². The number of ether oxygens (including phenoxy) is 1. The number of rotatable bonds is 7. The number of methoxy groups -OCH3 is 1.